The largest absolute Gasteiger partial charge is 0.486 e. The summed E-state index contributed by atoms with van der Waals surface area (Å²) in [6.45, 7) is 2.78. The summed E-state index contributed by atoms with van der Waals surface area (Å²) in [5, 5.41) is 0.0705. The predicted octanol–water partition coefficient (Wildman–Crippen LogP) is 2.63. The number of benzene rings is 1. The van der Waals surface area contributed by atoms with Crippen LogP contribution in [0.4, 0.5) is 4.39 Å². The summed E-state index contributed by atoms with van der Waals surface area (Å²) in [6, 6.07) is 1.34. The molecule has 1 aromatic carbocycles. The molecule has 0 aromatic heterocycles. The van der Waals surface area contributed by atoms with Gasteiger partial charge in [0, 0.05) is 23.1 Å². The first kappa shape index (κ1) is 12.1. The third kappa shape index (κ3) is 1.59. The zero-order valence-electron chi connectivity index (χ0n) is 10.1. The van der Waals surface area contributed by atoms with Gasteiger partial charge in [0.2, 0.25) is 0 Å². The van der Waals surface area contributed by atoms with E-state index in [1.807, 2.05) is 6.92 Å². The Hall–Kier alpha value is -1.00. The molecule has 1 saturated carbocycles. The van der Waals surface area contributed by atoms with E-state index in [1.165, 1.54) is 6.07 Å². The van der Waals surface area contributed by atoms with Crippen molar-refractivity contribution in [3.05, 3.63) is 22.5 Å². The predicted molar refractivity (Wildman–Crippen MR) is 67.0 cm³/mol. The van der Waals surface area contributed by atoms with E-state index in [0.29, 0.717) is 30.3 Å². The quantitative estimate of drug-likeness (QED) is 0.899. The van der Waals surface area contributed by atoms with E-state index in [1.54, 1.807) is 0 Å². The molecule has 1 aliphatic carbocycles. The first-order valence-electron chi connectivity index (χ1n) is 6.10. The Morgan fingerprint density at radius 1 is 1.39 bits per heavy atom. The van der Waals surface area contributed by atoms with E-state index < -0.39 is 5.82 Å². The van der Waals surface area contributed by atoms with Crippen molar-refractivity contribution in [2.45, 2.75) is 31.2 Å². The topological polar surface area (TPSA) is 44.5 Å². The van der Waals surface area contributed by atoms with Gasteiger partial charge in [-0.3, -0.25) is 0 Å². The molecule has 0 spiro atoms. The number of fused-ring (bicyclic) bond motifs is 1. The molecule has 3 rings (SSSR count). The minimum atomic E-state index is -0.421. The number of nitrogens with two attached hydrogens (primary N) is 1. The van der Waals surface area contributed by atoms with Crippen molar-refractivity contribution in [1.29, 1.82) is 0 Å². The maximum Gasteiger partial charge on any atom is 0.168 e. The fraction of sp³-hybridized carbons (Fsp3) is 0.538. The standard InChI is InChI=1S/C13H15ClFNO2/c1-7(16)13(2-3-13)10-11(15)8(14)6-9-12(10)18-5-4-17-9/h6-7H,2-5,16H2,1H3. The third-order valence-electron chi connectivity index (χ3n) is 3.88. The van der Waals surface area contributed by atoms with Crippen LogP contribution in [0, 0.1) is 5.82 Å². The summed E-state index contributed by atoms with van der Waals surface area (Å²) >= 11 is 5.94. The van der Waals surface area contributed by atoms with Crippen LogP contribution >= 0.6 is 11.6 Å². The maximum absolute atomic E-state index is 14.4. The second-order valence-corrected chi connectivity index (χ2v) is 5.42. The minimum Gasteiger partial charge on any atom is -0.486 e. The summed E-state index contributed by atoms with van der Waals surface area (Å²) in [5.41, 5.74) is 6.16. The molecule has 1 atom stereocenters. The molecule has 5 heteroatoms. The number of rotatable bonds is 2. The summed E-state index contributed by atoms with van der Waals surface area (Å²) in [4.78, 5) is 0. The molecule has 3 nitrogen and oxygen atoms in total. The Morgan fingerprint density at radius 3 is 2.67 bits per heavy atom. The van der Waals surface area contributed by atoms with E-state index in [0.717, 1.165) is 12.8 Å². The molecule has 2 N–H and O–H groups in total. The molecule has 1 aromatic rings. The average molecular weight is 272 g/mol. The summed E-state index contributed by atoms with van der Waals surface area (Å²) in [7, 11) is 0. The monoisotopic (exact) mass is 271 g/mol. The summed E-state index contributed by atoms with van der Waals surface area (Å²) in [5.74, 6) is 0.586. The summed E-state index contributed by atoms with van der Waals surface area (Å²) < 4.78 is 25.4. The highest BCUT2D eigenvalue weighted by Crippen LogP contribution is 2.57. The molecule has 0 amide bonds. The average Bonchev–Trinajstić information content (AvgIpc) is 3.12. The molecule has 1 aliphatic heterocycles. The van der Waals surface area contributed by atoms with Crippen LogP contribution in [0.3, 0.4) is 0 Å². The van der Waals surface area contributed by atoms with Gasteiger partial charge in [0.25, 0.3) is 0 Å². The first-order valence-corrected chi connectivity index (χ1v) is 6.48. The van der Waals surface area contributed by atoms with Crippen molar-refractivity contribution in [3.8, 4) is 11.5 Å². The molecule has 1 fully saturated rings. The van der Waals surface area contributed by atoms with E-state index >= 15 is 0 Å². The Labute approximate surface area is 110 Å². The van der Waals surface area contributed by atoms with Gasteiger partial charge in [-0.05, 0) is 19.8 Å². The van der Waals surface area contributed by atoms with Crippen molar-refractivity contribution in [2.75, 3.05) is 13.2 Å². The number of halogens is 2. The van der Waals surface area contributed by atoms with Crippen molar-refractivity contribution < 1.29 is 13.9 Å². The van der Waals surface area contributed by atoms with Crippen LogP contribution in [0.25, 0.3) is 0 Å². The van der Waals surface area contributed by atoms with Gasteiger partial charge in [-0.15, -0.1) is 0 Å². The fourth-order valence-electron chi connectivity index (χ4n) is 2.64. The molecular formula is C13H15ClFNO2. The van der Waals surface area contributed by atoms with Gasteiger partial charge >= 0.3 is 0 Å². The summed E-state index contributed by atoms with van der Waals surface area (Å²) in [6.07, 6.45) is 1.72. The maximum atomic E-state index is 14.4. The van der Waals surface area contributed by atoms with Crippen LogP contribution < -0.4 is 15.2 Å². The van der Waals surface area contributed by atoms with Crippen LogP contribution in [0.2, 0.25) is 5.02 Å². The van der Waals surface area contributed by atoms with Crippen LogP contribution in [-0.2, 0) is 5.41 Å². The van der Waals surface area contributed by atoms with Crippen LogP contribution in [-0.4, -0.2) is 19.3 Å². The zero-order chi connectivity index (χ0) is 12.9. The van der Waals surface area contributed by atoms with Gasteiger partial charge in [-0.2, -0.15) is 0 Å². The molecular weight excluding hydrogens is 257 g/mol. The van der Waals surface area contributed by atoms with Crippen LogP contribution in [0.5, 0.6) is 11.5 Å². The van der Waals surface area contributed by atoms with Crippen molar-refractivity contribution in [2.24, 2.45) is 5.73 Å². The third-order valence-corrected chi connectivity index (χ3v) is 4.16. The lowest BCUT2D eigenvalue weighted by Gasteiger charge is -2.28. The van der Waals surface area contributed by atoms with E-state index in [9.17, 15) is 4.39 Å². The van der Waals surface area contributed by atoms with Crippen LogP contribution in [0.1, 0.15) is 25.3 Å². The first-order chi connectivity index (χ1) is 8.56. The fourth-order valence-corrected chi connectivity index (χ4v) is 2.84. The SMILES string of the molecule is CC(N)C1(c2c(F)c(Cl)cc3c2OCCO3)CC1. The molecule has 1 unspecified atom stereocenters. The lowest BCUT2D eigenvalue weighted by atomic mass is 9.88. The van der Waals surface area contributed by atoms with E-state index in [4.69, 9.17) is 26.8 Å². The lowest BCUT2D eigenvalue weighted by molar-refractivity contribution is 0.167. The van der Waals surface area contributed by atoms with Gasteiger partial charge < -0.3 is 15.2 Å². The lowest BCUT2D eigenvalue weighted by Crippen LogP contribution is -2.33. The molecule has 0 bridgehead atoms. The highest BCUT2D eigenvalue weighted by molar-refractivity contribution is 6.31. The van der Waals surface area contributed by atoms with E-state index in [2.05, 4.69) is 0 Å². The van der Waals surface area contributed by atoms with Crippen LogP contribution in [0.15, 0.2) is 6.07 Å². The Bertz CT molecular complexity index is 500. The smallest absolute Gasteiger partial charge is 0.168 e. The second kappa shape index (κ2) is 4.00. The number of ether oxygens (including phenoxy) is 2. The van der Waals surface area contributed by atoms with Crippen molar-refractivity contribution in [1.82, 2.24) is 0 Å². The normalized spacial score (nSPS) is 21.6. The molecule has 2 aliphatic rings. The van der Waals surface area contributed by atoms with Gasteiger partial charge in [-0.1, -0.05) is 11.6 Å². The molecule has 0 radical (unpaired) electrons. The molecule has 98 valence electrons. The molecule has 0 saturated heterocycles. The van der Waals surface area contributed by atoms with Gasteiger partial charge in [0.15, 0.2) is 11.5 Å². The van der Waals surface area contributed by atoms with Gasteiger partial charge in [0.1, 0.15) is 19.0 Å². The highest BCUT2D eigenvalue weighted by Gasteiger charge is 2.52. The molecule has 1 heterocycles. The number of hydrogen-bond acceptors (Lipinski definition) is 3. The minimum absolute atomic E-state index is 0.0705. The van der Waals surface area contributed by atoms with Crippen molar-refractivity contribution >= 4 is 11.6 Å². The Balaban J connectivity index is 2.21. The van der Waals surface area contributed by atoms with Gasteiger partial charge in [0.05, 0.1) is 5.02 Å². The van der Waals surface area contributed by atoms with Crippen molar-refractivity contribution in [3.63, 3.8) is 0 Å². The van der Waals surface area contributed by atoms with Gasteiger partial charge in [-0.25, -0.2) is 4.39 Å². The Kier molecular flexibility index (Phi) is 2.68. The Morgan fingerprint density at radius 2 is 2.06 bits per heavy atom. The number of hydrogen-bond donors (Lipinski definition) is 1. The second-order valence-electron chi connectivity index (χ2n) is 5.02. The highest BCUT2D eigenvalue weighted by atomic mass is 35.5. The molecule has 18 heavy (non-hydrogen) atoms. The van der Waals surface area contributed by atoms with E-state index in [-0.39, 0.29) is 16.5 Å². The zero-order valence-corrected chi connectivity index (χ0v) is 10.9.